The van der Waals surface area contributed by atoms with Gasteiger partial charge in [0.15, 0.2) is 0 Å². The Balaban J connectivity index is 2.54. The molecule has 2 aromatic rings. The van der Waals surface area contributed by atoms with Crippen molar-refractivity contribution in [2.24, 2.45) is 0 Å². The molecule has 8 heteroatoms. The Morgan fingerprint density at radius 1 is 1.36 bits per heavy atom. The van der Waals surface area contributed by atoms with Crippen molar-refractivity contribution >= 4 is 17.7 Å². The number of benzene rings is 1. The van der Waals surface area contributed by atoms with E-state index in [0.717, 1.165) is 0 Å². The number of hydrogen-bond acceptors (Lipinski definition) is 6. The lowest BCUT2D eigenvalue weighted by Crippen LogP contribution is -2.29. The van der Waals surface area contributed by atoms with E-state index in [2.05, 4.69) is 10.3 Å². The molecule has 1 aromatic heterocycles. The van der Waals surface area contributed by atoms with Gasteiger partial charge in [0.05, 0.1) is 16.8 Å². The number of carbonyl (C=O) groups excluding carboxylic acids is 1. The summed E-state index contributed by atoms with van der Waals surface area (Å²) in [5, 5.41) is 14.1. The molecule has 0 radical (unpaired) electrons. The number of aromatic nitrogens is 2. The molecule has 0 saturated heterocycles. The highest BCUT2D eigenvalue weighted by atomic mass is 16.6. The SMILES string of the molecule is CC(C)Nc1ncc(-c2cccc([N+](=O)[O-])c2)n1C(=O)OC(C)(C)C. The zero-order valence-corrected chi connectivity index (χ0v) is 14.9. The second kappa shape index (κ2) is 6.92. The van der Waals surface area contributed by atoms with E-state index in [1.807, 2.05) is 13.8 Å². The number of carbonyl (C=O) groups is 1. The van der Waals surface area contributed by atoms with Gasteiger partial charge in [-0.15, -0.1) is 0 Å². The fourth-order valence-electron chi connectivity index (χ4n) is 2.19. The minimum absolute atomic E-state index is 0.0431. The molecule has 2 rings (SSSR count). The van der Waals surface area contributed by atoms with Crippen molar-refractivity contribution in [1.29, 1.82) is 0 Å². The van der Waals surface area contributed by atoms with Crippen LogP contribution in [0.25, 0.3) is 11.3 Å². The van der Waals surface area contributed by atoms with Gasteiger partial charge in [-0.2, -0.15) is 0 Å². The largest absolute Gasteiger partial charge is 0.443 e. The van der Waals surface area contributed by atoms with Crippen LogP contribution in [0.1, 0.15) is 34.6 Å². The topological polar surface area (TPSA) is 99.3 Å². The van der Waals surface area contributed by atoms with Crippen LogP contribution in [0.15, 0.2) is 30.5 Å². The highest BCUT2D eigenvalue weighted by Crippen LogP contribution is 2.27. The van der Waals surface area contributed by atoms with Crippen molar-refractivity contribution in [2.75, 3.05) is 5.32 Å². The van der Waals surface area contributed by atoms with Gasteiger partial charge in [-0.05, 0) is 34.6 Å². The molecule has 1 N–H and O–H groups in total. The number of nitrogens with one attached hydrogen (secondary N) is 1. The molecular formula is C17H22N4O4. The van der Waals surface area contributed by atoms with E-state index in [9.17, 15) is 14.9 Å². The Morgan fingerprint density at radius 3 is 2.60 bits per heavy atom. The van der Waals surface area contributed by atoms with Crippen molar-refractivity contribution in [3.8, 4) is 11.3 Å². The zero-order valence-electron chi connectivity index (χ0n) is 14.9. The van der Waals surface area contributed by atoms with Gasteiger partial charge in [-0.1, -0.05) is 12.1 Å². The maximum Gasteiger partial charge on any atom is 0.421 e. The van der Waals surface area contributed by atoms with E-state index in [0.29, 0.717) is 17.2 Å². The number of rotatable bonds is 4. The molecule has 0 aliphatic carbocycles. The maximum absolute atomic E-state index is 12.7. The van der Waals surface area contributed by atoms with Gasteiger partial charge in [-0.3, -0.25) is 10.1 Å². The number of nitro groups is 1. The molecule has 25 heavy (non-hydrogen) atoms. The van der Waals surface area contributed by atoms with E-state index in [4.69, 9.17) is 4.74 Å². The summed E-state index contributed by atoms with van der Waals surface area (Å²) < 4.78 is 6.75. The first-order valence-electron chi connectivity index (χ1n) is 7.91. The molecule has 0 saturated carbocycles. The number of nitro benzene ring substituents is 1. The van der Waals surface area contributed by atoms with Crippen molar-refractivity contribution in [1.82, 2.24) is 9.55 Å². The summed E-state index contributed by atoms with van der Waals surface area (Å²) in [6.45, 7) is 9.14. The van der Waals surface area contributed by atoms with Crippen molar-refractivity contribution in [2.45, 2.75) is 46.3 Å². The summed E-state index contributed by atoms with van der Waals surface area (Å²) in [6.07, 6.45) is 0.892. The number of anilines is 1. The summed E-state index contributed by atoms with van der Waals surface area (Å²) in [5.41, 5.74) is 0.175. The number of imidazole rings is 1. The molecule has 0 amide bonds. The molecular weight excluding hydrogens is 324 g/mol. The Kier molecular flexibility index (Phi) is 5.10. The highest BCUT2D eigenvalue weighted by molar-refractivity contribution is 5.82. The lowest BCUT2D eigenvalue weighted by molar-refractivity contribution is -0.384. The monoisotopic (exact) mass is 346 g/mol. The van der Waals surface area contributed by atoms with Crippen LogP contribution in [-0.4, -0.2) is 32.2 Å². The van der Waals surface area contributed by atoms with Crippen LogP contribution < -0.4 is 5.32 Å². The van der Waals surface area contributed by atoms with E-state index in [-0.39, 0.29) is 11.7 Å². The molecule has 1 aromatic carbocycles. The van der Waals surface area contributed by atoms with Gasteiger partial charge >= 0.3 is 6.09 Å². The Hall–Kier alpha value is -2.90. The molecule has 0 fully saturated rings. The fraction of sp³-hybridized carbons (Fsp3) is 0.412. The van der Waals surface area contributed by atoms with Gasteiger partial charge in [-0.25, -0.2) is 14.3 Å². The lowest BCUT2D eigenvalue weighted by Gasteiger charge is -2.21. The number of nitrogens with zero attached hydrogens (tertiary/aromatic N) is 3. The van der Waals surface area contributed by atoms with Gasteiger partial charge in [0.2, 0.25) is 5.95 Å². The molecule has 0 atom stereocenters. The molecule has 0 spiro atoms. The molecule has 0 unspecified atom stereocenters. The quantitative estimate of drug-likeness (QED) is 0.662. The Bertz CT molecular complexity index is 790. The molecule has 134 valence electrons. The van der Waals surface area contributed by atoms with Gasteiger partial charge < -0.3 is 10.1 Å². The Labute approximate surface area is 146 Å². The number of ether oxygens (including phenoxy) is 1. The second-order valence-electron chi connectivity index (χ2n) is 6.89. The zero-order chi connectivity index (χ0) is 18.8. The highest BCUT2D eigenvalue weighted by Gasteiger charge is 2.24. The van der Waals surface area contributed by atoms with E-state index >= 15 is 0 Å². The van der Waals surface area contributed by atoms with E-state index < -0.39 is 16.6 Å². The summed E-state index contributed by atoms with van der Waals surface area (Å²) in [7, 11) is 0. The van der Waals surface area contributed by atoms with Crippen molar-refractivity contribution in [3.05, 3.63) is 40.6 Å². The fourth-order valence-corrected chi connectivity index (χ4v) is 2.19. The van der Waals surface area contributed by atoms with Gasteiger partial charge in [0.1, 0.15) is 5.60 Å². The van der Waals surface area contributed by atoms with Gasteiger partial charge in [0.25, 0.3) is 5.69 Å². The molecule has 8 nitrogen and oxygen atoms in total. The van der Waals surface area contributed by atoms with Crippen molar-refractivity contribution < 1.29 is 14.5 Å². The number of hydrogen-bond donors (Lipinski definition) is 1. The molecule has 0 bridgehead atoms. The minimum Gasteiger partial charge on any atom is -0.443 e. The number of non-ortho nitro benzene ring substituents is 1. The lowest BCUT2D eigenvalue weighted by atomic mass is 10.1. The summed E-state index contributed by atoms with van der Waals surface area (Å²) in [6, 6.07) is 6.09. The van der Waals surface area contributed by atoms with Crippen LogP contribution >= 0.6 is 0 Å². The normalized spacial score (nSPS) is 11.4. The Morgan fingerprint density at radius 2 is 2.04 bits per heavy atom. The average Bonchev–Trinajstić information content (AvgIpc) is 2.88. The van der Waals surface area contributed by atoms with Crippen LogP contribution in [-0.2, 0) is 4.74 Å². The van der Waals surface area contributed by atoms with E-state index in [1.165, 1.54) is 22.9 Å². The van der Waals surface area contributed by atoms with Crippen molar-refractivity contribution in [3.63, 3.8) is 0 Å². The standard InChI is InChI=1S/C17H22N4O4/c1-11(2)19-15-18-10-14(20(15)16(22)25-17(3,4)5)12-7-6-8-13(9-12)21(23)24/h6-11H,1-5H3,(H,18,19). The first-order chi connectivity index (χ1) is 11.6. The molecule has 0 aliphatic rings. The summed E-state index contributed by atoms with van der Waals surface area (Å²) in [4.78, 5) is 27.4. The predicted molar refractivity (Wildman–Crippen MR) is 94.7 cm³/mol. The van der Waals surface area contributed by atoms with Crippen LogP contribution in [0.3, 0.4) is 0 Å². The van der Waals surface area contributed by atoms with Crippen LogP contribution in [0.2, 0.25) is 0 Å². The first-order valence-corrected chi connectivity index (χ1v) is 7.91. The summed E-state index contributed by atoms with van der Waals surface area (Å²) in [5.74, 6) is 0.325. The first kappa shape index (κ1) is 18.4. The third kappa shape index (κ3) is 4.56. The average molecular weight is 346 g/mol. The van der Waals surface area contributed by atoms with Crippen LogP contribution in [0.4, 0.5) is 16.4 Å². The third-order valence-corrected chi connectivity index (χ3v) is 3.11. The minimum atomic E-state index is -0.684. The van der Waals surface area contributed by atoms with E-state index in [1.54, 1.807) is 32.9 Å². The van der Waals surface area contributed by atoms with Crippen LogP contribution in [0, 0.1) is 10.1 Å². The summed E-state index contributed by atoms with van der Waals surface area (Å²) >= 11 is 0. The predicted octanol–water partition coefficient (Wildman–Crippen LogP) is 4.06. The molecule has 1 heterocycles. The third-order valence-electron chi connectivity index (χ3n) is 3.11. The van der Waals surface area contributed by atoms with Gasteiger partial charge in [0, 0.05) is 23.7 Å². The smallest absolute Gasteiger partial charge is 0.421 e. The van der Waals surface area contributed by atoms with Crippen LogP contribution in [0.5, 0.6) is 0 Å². The molecule has 0 aliphatic heterocycles. The maximum atomic E-state index is 12.7. The second-order valence-corrected chi connectivity index (χ2v) is 6.89.